The molecule has 4 aromatic carbocycles. The Hall–Kier alpha value is -4.50. The lowest BCUT2D eigenvalue weighted by Gasteiger charge is -2.35. The van der Waals surface area contributed by atoms with Crippen molar-refractivity contribution < 1.29 is 22.4 Å². The largest absolute Gasteiger partial charge is 0.352 e. The topological polar surface area (TPSA) is 86.8 Å². The van der Waals surface area contributed by atoms with Crippen molar-refractivity contribution in [2.45, 2.75) is 75.9 Å². The zero-order valence-corrected chi connectivity index (χ0v) is 27.8. The molecule has 0 saturated heterocycles. The van der Waals surface area contributed by atoms with E-state index in [-0.39, 0.29) is 35.5 Å². The van der Waals surface area contributed by atoms with E-state index < -0.39 is 34.3 Å². The number of hydrogen-bond acceptors (Lipinski definition) is 4. The number of amides is 2. The minimum absolute atomic E-state index is 0.00110. The first-order valence-corrected chi connectivity index (χ1v) is 17.6. The van der Waals surface area contributed by atoms with Gasteiger partial charge in [0, 0.05) is 19.0 Å². The molecule has 0 bridgehead atoms. The van der Waals surface area contributed by atoms with E-state index in [1.165, 1.54) is 29.2 Å². The molecule has 2 amide bonds. The average Bonchev–Trinajstić information content (AvgIpc) is 3.07. The molecule has 1 N–H and O–H groups in total. The minimum atomic E-state index is -4.26. The second-order valence-electron chi connectivity index (χ2n) is 12.4. The fourth-order valence-electron chi connectivity index (χ4n) is 5.96. The SMILES string of the molecule is Cc1ccc(CN(C(=O)CN(c2ccc(F)cc2)S(=O)(=O)c2ccc(C)cc2)[C@H](Cc2ccccc2)C(=O)NC2CCCCC2)cc1. The molecule has 0 heterocycles. The lowest BCUT2D eigenvalue weighted by Crippen LogP contribution is -2.55. The highest BCUT2D eigenvalue weighted by Gasteiger charge is 2.35. The maximum Gasteiger partial charge on any atom is 0.264 e. The molecule has 1 aliphatic rings. The third-order valence-electron chi connectivity index (χ3n) is 8.70. The number of carbonyl (C=O) groups excluding carboxylic acids is 2. The Morgan fingerprint density at radius 2 is 1.38 bits per heavy atom. The second-order valence-corrected chi connectivity index (χ2v) is 14.2. The normalized spacial score (nSPS) is 14.3. The van der Waals surface area contributed by atoms with Crippen molar-refractivity contribution in [3.8, 4) is 0 Å². The summed E-state index contributed by atoms with van der Waals surface area (Å²) in [7, 11) is -4.26. The van der Waals surface area contributed by atoms with E-state index >= 15 is 0 Å². The molecule has 0 aliphatic heterocycles. The van der Waals surface area contributed by atoms with Gasteiger partial charge in [0.25, 0.3) is 10.0 Å². The molecule has 7 nitrogen and oxygen atoms in total. The summed E-state index contributed by atoms with van der Waals surface area (Å²) in [5, 5.41) is 3.22. The van der Waals surface area contributed by atoms with Gasteiger partial charge in [-0.25, -0.2) is 12.8 Å². The number of aryl methyl sites for hydroxylation is 2. The van der Waals surface area contributed by atoms with Crippen molar-refractivity contribution in [2.75, 3.05) is 10.8 Å². The first kappa shape index (κ1) is 33.9. The highest BCUT2D eigenvalue weighted by Crippen LogP contribution is 2.26. The van der Waals surface area contributed by atoms with Gasteiger partial charge in [0.2, 0.25) is 11.8 Å². The zero-order valence-electron chi connectivity index (χ0n) is 26.9. The highest BCUT2D eigenvalue weighted by molar-refractivity contribution is 7.92. The van der Waals surface area contributed by atoms with Crippen molar-refractivity contribution >= 4 is 27.5 Å². The summed E-state index contributed by atoms with van der Waals surface area (Å²) >= 11 is 0. The molecule has 0 unspecified atom stereocenters. The number of rotatable bonds is 12. The van der Waals surface area contributed by atoms with E-state index in [0.717, 1.165) is 70.8 Å². The molecule has 47 heavy (non-hydrogen) atoms. The number of nitrogens with one attached hydrogen (secondary N) is 1. The fourth-order valence-corrected chi connectivity index (χ4v) is 7.38. The third kappa shape index (κ3) is 8.86. The number of nitrogens with zero attached hydrogens (tertiary/aromatic N) is 2. The molecule has 9 heteroatoms. The number of halogens is 1. The van der Waals surface area contributed by atoms with Gasteiger partial charge >= 0.3 is 0 Å². The van der Waals surface area contributed by atoms with Crippen LogP contribution >= 0.6 is 0 Å². The number of carbonyl (C=O) groups is 2. The summed E-state index contributed by atoms with van der Waals surface area (Å²) in [6.45, 7) is 3.33. The van der Waals surface area contributed by atoms with E-state index in [9.17, 15) is 22.4 Å². The summed E-state index contributed by atoms with van der Waals surface area (Å²) in [6.07, 6.45) is 5.20. The van der Waals surface area contributed by atoms with Gasteiger partial charge in [0.1, 0.15) is 18.4 Å². The molecule has 0 spiro atoms. The van der Waals surface area contributed by atoms with Crippen LogP contribution in [0.25, 0.3) is 0 Å². The summed E-state index contributed by atoms with van der Waals surface area (Å²) in [6, 6.07) is 27.7. The Balaban J connectivity index is 1.55. The van der Waals surface area contributed by atoms with Crippen LogP contribution in [0.2, 0.25) is 0 Å². The zero-order chi connectivity index (χ0) is 33.4. The van der Waals surface area contributed by atoms with E-state index in [4.69, 9.17) is 0 Å². The Kier molecular flexibility index (Phi) is 11.1. The summed E-state index contributed by atoms with van der Waals surface area (Å²) in [5.74, 6) is -1.35. The standard InChI is InChI=1S/C38H42FN3O4S/c1-28-13-17-31(18-14-28)26-41(36(25-30-9-5-3-6-10-30)38(44)40-33-11-7-4-8-12-33)37(43)27-42(34-21-19-32(39)20-22-34)47(45,46)35-23-15-29(2)16-24-35/h3,5-6,9-10,13-24,33,36H,4,7-8,11-12,25-27H2,1-2H3,(H,40,44)/t36-/m1/s1. The molecule has 1 atom stereocenters. The van der Waals surface area contributed by atoms with E-state index in [0.29, 0.717) is 0 Å². The molecule has 1 saturated carbocycles. The predicted octanol–water partition coefficient (Wildman–Crippen LogP) is 6.73. The molecule has 0 aromatic heterocycles. The van der Waals surface area contributed by atoms with Crippen LogP contribution in [0.3, 0.4) is 0 Å². The van der Waals surface area contributed by atoms with Gasteiger partial charge in [-0.05, 0) is 74.2 Å². The number of sulfonamides is 1. The molecular formula is C38H42FN3O4S. The van der Waals surface area contributed by atoms with Gasteiger partial charge in [-0.1, -0.05) is 97.1 Å². The van der Waals surface area contributed by atoms with Crippen LogP contribution in [0.5, 0.6) is 0 Å². The Morgan fingerprint density at radius 1 is 0.787 bits per heavy atom. The average molecular weight is 656 g/mol. The monoisotopic (exact) mass is 655 g/mol. The lowest BCUT2D eigenvalue weighted by molar-refractivity contribution is -0.140. The van der Waals surface area contributed by atoms with Gasteiger partial charge in [-0.15, -0.1) is 0 Å². The first-order chi connectivity index (χ1) is 22.6. The Bertz CT molecular complexity index is 1740. The van der Waals surface area contributed by atoms with Crippen molar-refractivity contribution in [2.24, 2.45) is 0 Å². The van der Waals surface area contributed by atoms with Crippen molar-refractivity contribution in [1.82, 2.24) is 10.2 Å². The quantitative estimate of drug-likeness (QED) is 0.184. The number of benzene rings is 4. The van der Waals surface area contributed by atoms with Gasteiger partial charge in [-0.3, -0.25) is 13.9 Å². The van der Waals surface area contributed by atoms with E-state index in [1.54, 1.807) is 12.1 Å². The van der Waals surface area contributed by atoms with Crippen LogP contribution in [-0.4, -0.2) is 43.8 Å². The summed E-state index contributed by atoms with van der Waals surface area (Å²) < 4.78 is 43.2. The highest BCUT2D eigenvalue weighted by atomic mass is 32.2. The first-order valence-electron chi connectivity index (χ1n) is 16.1. The van der Waals surface area contributed by atoms with E-state index in [1.807, 2.05) is 68.4 Å². The lowest BCUT2D eigenvalue weighted by atomic mass is 9.94. The van der Waals surface area contributed by atoms with Crippen molar-refractivity contribution in [3.63, 3.8) is 0 Å². The predicted molar refractivity (Wildman–Crippen MR) is 183 cm³/mol. The van der Waals surface area contributed by atoms with Crippen LogP contribution in [0.1, 0.15) is 54.4 Å². The van der Waals surface area contributed by atoms with Crippen LogP contribution in [0.4, 0.5) is 10.1 Å². The van der Waals surface area contributed by atoms with Crippen molar-refractivity contribution in [3.05, 3.63) is 131 Å². The Labute approximate surface area is 277 Å². The van der Waals surface area contributed by atoms with Gasteiger partial charge < -0.3 is 10.2 Å². The molecule has 0 radical (unpaired) electrons. The van der Waals surface area contributed by atoms with Gasteiger partial charge in [-0.2, -0.15) is 0 Å². The van der Waals surface area contributed by atoms with Crippen LogP contribution in [-0.2, 0) is 32.6 Å². The molecule has 4 aromatic rings. The van der Waals surface area contributed by atoms with Gasteiger partial charge in [0.05, 0.1) is 10.6 Å². The van der Waals surface area contributed by atoms with Crippen molar-refractivity contribution in [1.29, 1.82) is 0 Å². The van der Waals surface area contributed by atoms with Gasteiger partial charge in [0.15, 0.2) is 0 Å². The Morgan fingerprint density at radius 3 is 2.00 bits per heavy atom. The van der Waals surface area contributed by atoms with Crippen LogP contribution in [0.15, 0.2) is 108 Å². The molecule has 1 aliphatic carbocycles. The molecule has 1 fully saturated rings. The number of anilines is 1. The fraction of sp³-hybridized carbons (Fsp3) is 0.316. The summed E-state index contributed by atoms with van der Waals surface area (Å²) in [5.41, 5.74) is 3.75. The second kappa shape index (κ2) is 15.4. The van der Waals surface area contributed by atoms with E-state index in [2.05, 4.69) is 5.32 Å². The molecule has 5 rings (SSSR count). The van der Waals surface area contributed by atoms with Crippen LogP contribution < -0.4 is 9.62 Å². The molecular weight excluding hydrogens is 614 g/mol. The number of hydrogen-bond donors (Lipinski definition) is 1. The molecule has 246 valence electrons. The maximum atomic E-state index is 14.6. The minimum Gasteiger partial charge on any atom is -0.352 e. The summed E-state index contributed by atoms with van der Waals surface area (Å²) in [4.78, 5) is 30.3. The smallest absolute Gasteiger partial charge is 0.264 e. The third-order valence-corrected chi connectivity index (χ3v) is 10.5. The maximum absolute atomic E-state index is 14.6. The van der Waals surface area contributed by atoms with Crippen LogP contribution in [0, 0.1) is 19.7 Å².